The van der Waals surface area contributed by atoms with Gasteiger partial charge in [-0.15, -0.1) is 0 Å². The van der Waals surface area contributed by atoms with E-state index in [4.69, 9.17) is 9.47 Å². The minimum atomic E-state index is -1.52. The number of carbonyl (C=O) groups is 1. The second-order valence-electron chi connectivity index (χ2n) is 6.06. The van der Waals surface area contributed by atoms with Gasteiger partial charge in [0.2, 0.25) is 5.91 Å². The third kappa shape index (κ3) is 2.38. The first-order chi connectivity index (χ1) is 10.3. The number of hydrogen-bond donors (Lipinski definition) is 0. The topological polar surface area (TPSA) is 38.8 Å². The lowest BCUT2D eigenvalue weighted by Gasteiger charge is -2.51. The number of rotatable bonds is 1. The number of fused-ring (bicyclic) bond motifs is 1. The minimum Gasteiger partial charge on any atom is -0.377 e. The van der Waals surface area contributed by atoms with Crippen LogP contribution in [0.4, 0.5) is 13.2 Å². The van der Waals surface area contributed by atoms with Crippen molar-refractivity contribution in [1.29, 1.82) is 0 Å². The Balaban J connectivity index is 2.01. The molecule has 3 rings (SSSR count). The maximum atomic E-state index is 13.5. The lowest BCUT2D eigenvalue weighted by Crippen LogP contribution is -2.64. The molecular weight excluding hydrogens is 299 g/mol. The van der Waals surface area contributed by atoms with E-state index < -0.39 is 29.1 Å². The van der Waals surface area contributed by atoms with Crippen LogP contribution in [0.2, 0.25) is 0 Å². The Kier molecular flexibility index (Phi) is 3.65. The highest BCUT2D eigenvalue weighted by atomic mass is 19.2. The first kappa shape index (κ1) is 15.3. The van der Waals surface area contributed by atoms with Crippen LogP contribution in [0.3, 0.4) is 0 Å². The molecule has 4 nitrogen and oxygen atoms in total. The monoisotopic (exact) mass is 315 g/mol. The second kappa shape index (κ2) is 5.24. The Bertz CT molecular complexity index is 597. The molecule has 0 aromatic heterocycles. The Morgan fingerprint density at radius 1 is 1.18 bits per heavy atom. The summed E-state index contributed by atoms with van der Waals surface area (Å²) in [6.45, 7) is 3.93. The number of halogens is 3. The zero-order chi connectivity index (χ0) is 16.1. The van der Waals surface area contributed by atoms with Crippen LogP contribution in [0.5, 0.6) is 0 Å². The zero-order valence-electron chi connectivity index (χ0n) is 12.2. The van der Waals surface area contributed by atoms with Crippen LogP contribution in [-0.4, -0.2) is 42.3 Å². The Morgan fingerprint density at radius 2 is 1.82 bits per heavy atom. The van der Waals surface area contributed by atoms with Crippen molar-refractivity contribution in [3.63, 3.8) is 0 Å². The minimum absolute atomic E-state index is 0.100. The van der Waals surface area contributed by atoms with Gasteiger partial charge in [0.15, 0.2) is 17.5 Å². The van der Waals surface area contributed by atoms with Crippen molar-refractivity contribution in [2.75, 3.05) is 19.8 Å². The Morgan fingerprint density at radius 3 is 2.45 bits per heavy atom. The average Bonchev–Trinajstić information content (AvgIpc) is 2.48. The predicted molar refractivity (Wildman–Crippen MR) is 70.5 cm³/mol. The summed E-state index contributed by atoms with van der Waals surface area (Å²) in [5.41, 5.74) is -0.462. The summed E-state index contributed by atoms with van der Waals surface area (Å²) < 4.78 is 51.1. The normalized spacial score (nSPS) is 27.7. The van der Waals surface area contributed by atoms with Gasteiger partial charge in [-0.1, -0.05) is 0 Å². The van der Waals surface area contributed by atoms with Crippen molar-refractivity contribution >= 4 is 5.91 Å². The molecule has 2 atom stereocenters. The van der Waals surface area contributed by atoms with E-state index in [-0.39, 0.29) is 37.3 Å². The number of morpholine rings is 2. The molecule has 22 heavy (non-hydrogen) atoms. The quantitative estimate of drug-likeness (QED) is 0.746. The lowest BCUT2D eigenvalue weighted by molar-refractivity contribution is -0.200. The summed E-state index contributed by atoms with van der Waals surface area (Å²) >= 11 is 0. The summed E-state index contributed by atoms with van der Waals surface area (Å²) in [6.07, 6.45) is 0. The molecule has 0 spiro atoms. The summed E-state index contributed by atoms with van der Waals surface area (Å²) in [5.74, 6) is -4.36. The van der Waals surface area contributed by atoms with Crippen molar-refractivity contribution in [3.8, 4) is 0 Å². The maximum Gasteiger partial charge on any atom is 0.249 e. The van der Waals surface area contributed by atoms with Crippen LogP contribution in [0.25, 0.3) is 0 Å². The maximum absolute atomic E-state index is 13.5. The SMILES string of the molecule is CC1(C)OCC(=O)N2C(c3cc(F)c(F)c(F)c3)COCC21. The number of carbonyl (C=O) groups excluding carboxylic acids is 1. The molecule has 1 aromatic rings. The molecule has 0 aliphatic carbocycles. The van der Waals surface area contributed by atoms with Crippen LogP contribution in [0, 0.1) is 17.5 Å². The molecule has 2 aliphatic heterocycles. The molecule has 0 saturated carbocycles. The van der Waals surface area contributed by atoms with Gasteiger partial charge in [0.25, 0.3) is 0 Å². The molecular formula is C15H16F3NO3. The first-order valence-electron chi connectivity index (χ1n) is 6.98. The van der Waals surface area contributed by atoms with Gasteiger partial charge < -0.3 is 14.4 Å². The van der Waals surface area contributed by atoms with E-state index >= 15 is 0 Å². The van der Waals surface area contributed by atoms with E-state index in [2.05, 4.69) is 0 Å². The number of hydrogen-bond acceptors (Lipinski definition) is 3. The largest absolute Gasteiger partial charge is 0.377 e. The van der Waals surface area contributed by atoms with Gasteiger partial charge in [-0.3, -0.25) is 4.79 Å². The standard InChI is InChI=1S/C15H16F3NO3/c1-15(2)12-6-21-5-11(19(12)13(20)7-22-15)8-3-9(16)14(18)10(17)4-8/h3-4,11-12H,5-7H2,1-2H3. The van der Waals surface area contributed by atoms with Crippen molar-refractivity contribution in [2.45, 2.75) is 31.5 Å². The van der Waals surface area contributed by atoms with Gasteiger partial charge in [-0.2, -0.15) is 0 Å². The Labute approximate surface area is 125 Å². The second-order valence-corrected chi connectivity index (χ2v) is 6.06. The van der Waals surface area contributed by atoms with Crippen LogP contribution in [0.1, 0.15) is 25.5 Å². The Hall–Kier alpha value is -1.60. The highest BCUT2D eigenvalue weighted by Gasteiger charge is 2.48. The van der Waals surface area contributed by atoms with Crippen LogP contribution >= 0.6 is 0 Å². The number of amides is 1. The third-order valence-corrected chi connectivity index (χ3v) is 4.27. The van der Waals surface area contributed by atoms with Gasteiger partial charge in [0, 0.05) is 0 Å². The van der Waals surface area contributed by atoms with Gasteiger partial charge in [0.1, 0.15) is 6.61 Å². The fourth-order valence-electron chi connectivity index (χ4n) is 3.00. The number of nitrogens with zero attached hydrogens (tertiary/aromatic N) is 1. The summed E-state index contributed by atoms with van der Waals surface area (Å²) in [5, 5.41) is 0. The zero-order valence-corrected chi connectivity index (χ0v) is 12.2. The highest BCUT2D eigenvalue weighted by Crippen LogP contribution is 2.36. The molecule has 2 heterocycles. The van der Waals surface area contributed by atoms with Gasteiger partial charge in [-0.25, -0.2) is 13.2 Å². The van der Waals surface area contributed by atoms with Crippen LogP contribution in [0.15, 0.2) is 12.1 Å². The molecule has 2 unspecified atom stereocenters. The molecule has 7 heteroatoms. The molecule has 2 aliphatic rings. The van der Waals surface area contributed by atoms with E-state index in [0.717, 1.165) is 12.1 Å². The van der Waals surface area contributed by atoms with E-state index in [1.54, 1.807) is 4.90 Å². The summed E-state index contributed by atoms with van der Waals surface area (Å²) in [4.78, 5) is 13.8. The summed E-state index contributed by atoms with van der Waals surface area (Å²) in [6, 6.07) is 0.775. The third-order valence-electron chi connectivity index (χ3n) is 4.27. The van der Waals surface area contributed by atoms with Gasteiger partial charge in [-0.05, 0) is 31.5 Å². The van der Waals surface area contributed by atoms with E-state index in [1.165, 1.54) is 0 Å². The van der Waals surface area contributed by atoms with E-state index in [0.29, 0.717) is 0 Å². The highest BCUT2D eigenvalue weighted by molar-refractivity contribution is 5.79. The predicted octanol–water partition coefficient (Wildman–Crippen LogP) is 2.18. The van der Waals surface area contributed by atoms with Crippen LogP contribution in [-0.2, 0) is 14.3 Å². The van der Waals surface area contributed by atoms with Crippen molar-refractivity contribution in [2.24, 2.45) is 0 Å². The van der Waals surface area contributed by atoms with Gasteiger partial charge in [0.05, 0.1) is 30.9 Å². The van der Waals surface area contributed by atoms with E-state index in [9.17, 15) is 18.0 Å². The van der Waals surface area contributed by atoms with Crippen molar-refractivity contribution in [1.82, 2.24) is 4.90 Å². The number of benzene rings is 1. The molecule has 1 amide bonds. The molecule has 0 radical (unpaired) electrons. The molecule has 0 N–H and O–H groups in total. The molecule has 2 fully saturated rings. The first-order valence-corrected chi connectivity index (χ1v) is 6.98. The number of ether oxygens (including phenoxy) is 2. The van der Waals surface area contributed by atoms with Crippen molar-refractivity contribution in [3.05, 3.63) is 35.1 Å². The summed E-state index contributed by atoms with van der Waals surface area (Å²) in [7, 11) is 0. The fourth-order valence-corrected chi connectivity index (χ4v) is 3.00. The molecule has 0 bridgehead atoms. The molecule has 1 aromatic carbocycles. The van der Waals surface area contributed by atoms with E-state index in [1.807, 2.05) is 13.8 Å². The van der Waals surface area contributed by atoms with Crippen LogP contribution < -0.4 is 0 Å². The smallest absolute Gasteiger partial charge is 0.249 e. The molecule has 2 saturated heterocycles. The van der Waals surface area contributed by atoms with Gasteiger partial charge >= 0.3 is 0 Å². The molecule has 120 valence electrons. The van der Waals surface area contributed by atoms with Crippen molar-refractivity contribution < 1.29 is 27.4 Å². The fraction of sp³-hybridized carbons (Fsp3) is 0.533. The lowest BCUT2D eigenvalue weighted by atomic mass is 9.90. The average molecular weight is 315 g/mol.